The van der Waals surface area contributed by atoms with E-state index in [1.165, 1.54) is 12.1 Å². The van der Waals surface area contributed by atoms with Crippen LogP contribution in [-0.2, 0) is 27.2 Å². The molecule has 0 spiro atoms. The topological polar surface area (TPSA) is 101 Å². The van der Waals surface area contributed by atoms with Gasteiger partial charge >= 0.3 is 0 Å². The van der Waals surface area contributed by atoms with Gasteiger partial charge in [0.25, 0.3) is 0 Å². The van der Waals surface area contributed by atoms with Gasteiger partial charge in [-0.25, -0.2) is 4.39 Å². The van der Waals surface area contributed by atoms with Gasteiger partial charge in [-0.05, 0) is 29.7 Å². The molecule has 1 unspecified atom stereocenters. The Morgan fingerprint density at radius 2 is 1.56 bits per heavy atom. The fourth-order valence-electron chi connectivity index (χ4n) is 2.50. The standard InChI is InChI=1S/C20H22FN3O3/c21-17-8-6-15(7-9-17)10-16(20(22)27)12-23-19(26)13-24-18(25)11-14-4-2-1-3-5-14/h1-9,16H,10-13H2,(H2,22,27)(H,23,26)(H,24,25). The van der Waals surface area contributed by atoms with Crippen LogP contribution in [0.4, 0.5) is 4.39 Å². The monoisotopic (exact) mass is 371 g/mol. The van der Waals surface area contributed by atoms with Gasteiger partial charge in [0.15, 0.2) is 0 Å². The Kier molecular flexibility index (Phi) is 7.49. The minimum Gasteiger partial charge on any atom is -0.369 e. The smallest absolute Gasteiger partial charge is 0.239 e. The number of hydrogen-bond acceptors (Lipinski definition) is 3. The van der Waals surface area contributed by atoms with Crippen molar-refractivity contribution in [1.29, 1.82) is 0 Å². The molecule has 3 amide bonds. The highest BCUT2D eigenvalue weighted by Gasteiger charge is 2.17. The third-order valence-corrected chi connectivity index (χ3v) is 4.00. The molecule has 0 fully saturated rings. The molecule has 0 aromatic heterocycles. The predicted octanol–water partition coefficient (Wildman–Crippen LogP) is 0.945. The van der Waals surface area contributed by atoms with Gasteiger partial charge in [-0.2, -0.15) is 0 Å². The Labute approximate surface area is 156 Å². The molecule has 6 nitrogen and oxygen atoms in total. The van der Waals surface area contributed by atoms with E-state index in [2.05, 4.69) is 10.6 Å². The van der Waals surface area contributed by atoms with Crippen LogP contribution in [0.1, 0.15) is 11.1 Å². The van der Waals surface area contributed by atoms with Crippen molar-refractivity contribution in [2.75, 3.05) is 13.1 Å². The number of halogens is 1. The summed E-state index contributed by atoms with van der Waals surface area (Å²) < 4.78 is 12.9. The number of amides is 3. The van der Waals surface area contributed by atoms with Crippen LogP contribution in [0.3, 0.4) is 0 Å². The molecule has 0 saturated heterocycles. The molecular weight excluding hydrogens is 349 g/mol. The summed E-state index contributed by atoms with van der Waals surface area (Å²) in [5.74, 6) is -2.24. The second-order valence-corrected chi connectivity index (χ2v) is 6.17. The number of nitrogens with two attached hydrogens (primary N) is 1. The largest absolute Gasteiger partial charge is 0.369 e. The maximum atomic E-state index is 12.9. The summed E-state index contributed by atoms with van der Waals surface area (Å²) in [4.78, 5) is 35.3. The lowest BCUT2D eigenvalue weighted by atomic mass is 9.98. The Morgan fingerprint density at radius 3 is 2.19 bits per heavy atom. The first-order valence-corrected chi connectivity index (χ1v) is 8.55. The fourth-order valence-corrected chi connectivity index (χ4v) is 2.50. The zero-order valence-electron chi connectivity index (χ0n) is 14.8. The highest BCUT2D eigenvalue weighted by molar-refractivity contribution is 5.86. The SMILES string of the molecule is NC(=O)C(CNC(=O)CNC(=O)Cc1ccccc1)Cc1ccc(F)cc1. The molecule has 1 atom stereocenters. The molecule has 2 rings (SSSR count). The van der Waals surface area contributed by atoms with Gasteiger partial charge in [0.2, 0.25) is 17.7 Å². The number of rotatable bonds is 9. The van der Waals surface area contributed by atoms with Crippen molar-refractivity contribution in [3.8, 4) is 0 Å². The van der Waals surface area contributed by atoms with Crippen LogP contribution in [0, 0.1) is 11.7 Å². The molecule has 7 heteroatoms. The number of benzene rings is 2. The minimum absolute atomic E-state index is 0.0418. The first kappa shape index (κ1) is 20.1. The van der Waals surface area contributed by atoms with Crippen molar-refractivity contribution < 1.29 is 18.8 Å². The van der Waals surface area contributed by atoms with E-state index in [-0.39, 0.29) is 37.7 Å². The van der Waals surface area contributed by atoms with E-state index in [0.717, 1.165) is 11.1 Å². The van der Waals surface area contributed by atoms with Gasteiger partial charge in [-0.15, -0.1) is 0 Å². The maximum Gasteiger partial charge on any atom is 0.239 e. The average Bonchev–Trinajstić information content (AvgIpc) is 2.65. The van der Waals surface area contributed by atoms with Gasteiger partial charge < -0.3 is 16.4 Å². The molecule has 2 aromatic carbocycles. The summed E-state index contributed by atoms with van der Waals surface area (Å²) in [6, 6.07) is 14.9. The van der Waals surface area contributed by atoms with E-state index >= 15 is 0 Å². The maximum absolute atomic E-state index is 12.9. The molecule has 0 saturated carbocycles. The normalized spacial score (nSPS) is 11.4. The lowest BCUT2D eigenvalue weighted by Gasteiger charge is -2.15. The molecule has 0 bridgehead atoms. The molecule has 0 aliphatic rings. The average molecular weight is 371 g/mol. The molecule has 27 heavy (non-hydrogen) atoms. The quantitative estimate of drug-likeness (QED) is 0.611. The van der Waals surface area contributed by atoms with Gasteiger partial charge in [-0.1, -0.05) is 42.5 Å². The molecule has 0 aliphatic carbocycles. The summed E-state index contributed by atoms with van der Waals surface area (Å²) in [6.07, 6.45) is 0.471. The zero-order valence-corrected chi connectivity index (χ0v) is 14.8. The van der Waals surface area contributed by atoms with Crippen LogP contribution >= 0.6 is 0 Å². The third kappa shape index (κ3) is 7.27. The first-order chi connectivity index (χ1) is 12.9. The van der Waals surface area contributed by atoms with Crippen molar-refractivity contribution in [1.82, 2.24) is 10.6 Å². The van der Waals surface area contributed by atoms with Crippen molar-refractivity contribution in [3.05, 3.63) is 71.5 Å². The Hall–Kier alpha value is -3.22. The lowest BCUT2D eigenvalue weighted by Crippen LogP contribution is -2.42. The molecule has 0 aliphatic heterocycles. The Balaban J connectivity index is 1.75. The van der Waals surface area contributed by atoms with Crippen LogP contribution in [-0.4, -0.2) is 30.8 Å². The number of carbonyl (C=O) groups excluding carboxylic acids is 3. The highest BCUT2D eigenvalue weighted by Crippen LogP contribution is 2.09. The van der Waals surface area contributed by atoms with Crippen LogP contribution in [0.2, 0.25) is 0 Å². The van der Waals surface area contributed by atoms with Gasteiger partial charge in [-0.3, -0.25) is 14.4 Å². The van der Waals surface area contributed by atoms with Gasteiger partial charge in [0, 0.05) is 6.54 Å². The highest BCUT2D eigenvalue weighted by atomic mass is 19.1. The summed E-state index contributed by atoms with van der Waals surface area (Å²) >= 11 is 0. The van der Waals surface area contributed by atoms with E-state index in [4.69, 9.17) is 5.73 Å². The van der Waals surface area contributed by atoms with Crippen LogP contribution < -0.4 is 16.4 Å². The van der Waals surface area contributed by atoms with E-state index < -0.39 is 17.7 Å². The van der Waals surface area contributed by atoms with Crippen LogP contribution in [0.5, 0.6) is 0 Å². The van der Waals surface area contributed by atoms with Gasteiger partial charge in [0.05, 0.1) is 18.9 Å². The minimum atomic E-state index is -0.626. The summed E-state index contributed by atoms with van der Waals surface area (Å²) in [5.41, 5.74) is 6.97. The zero-order chi connectivity index (χ0) is 19.6. The third-order valence-electron chi connectivity index (χ3n) is 4.00. The molecule has 0 radical (unpaired) electrons. The van der Waals surface area contributed by atoms with Crippen LogP contribution in [0.15, 0.2) is 54.6 Å². The second-order valence-electron chi connectivity index (χ2n) is 6.17. The first-order valence-electron chi connectivity index (χ1n) is 8.55. The lowest BCUT2D eigenvalue weighted by molar-refractivity contribution is -0.126. The Bertz CT molecular complexity index is 779. The van der Waals surface area contributed by atoms with E-state index in [9.17, 15) is 18.8 Å². The number of carbonyl (C=O) groups is 3. The number of hydrogen-bond donors (Lipinski definition) is 3. The van der Waals surface area contributed by atoms with Crippen LogP contribution in [0.25, 0.3) is 0 Å². The van der Waals surface area contributed by atoms with Crippen molar-refractivity contribution in [3.63, 3.8) is 0 Å². The molecule has 2 aromatic rings. The van der Waals surface area contributed by atoms with Gasteiger partial charge in [0.1, 0.15) is 5.82 Å². The summed E-state index contributed by atoms with van der Waals surface area (Å²) in [7, 11) is 0. The van der Waals surface area contributed by atoms with E-state index in [1.54, 1.807) is 12.1 Å². The second kappa shape index (κ2) is 10.1. The van der Waals surface area contributed by atoms with E-state index in [1.807, 2.05) is 30.3 Å². The Morgan fingerprint density at radius 1 is 0.889 bits per heavy atom. The molecule has 4 N–H and O–H groups in total. The predicted molar refractivity (Wildman–Crippen MR) is 99.0 cm³/mol. The number of primary amides is 1. The van der Waals surface area contributed by atoms with Crippen molar-refractivity contribution >= 4 is 17.7 Å². The molecule has 0 heterocycles. The van der Waals surface area contributed by atoms with Crippen molar-refractivity contribution in [2.45, 2.75) is 12.8 Å². The summed E-state index contributed by atoms with van der Waals surface area (Å²) in [5, 5.41) is 5.12. The summed E-state index contributed by atoms with van der Waals surface area (Å²) in [6.45, 7) is -0.145. The number of nitrogens with one attached hydrogen (secondary N) is 2. The molecular formula is C20H22FN3O3. The van der Waals surface area contributed by atoms with Crippen molar-refractivity contribution in [2.24, 2.45) is 11.7 Å². The fraction of sp³-hybridized carbons (Fsp3) is 0.250. The van der Waals surface area contributed by atoms with E-state index in [0.29, 0.717) is 0 Å². The molecule has 142 valence electrons.